The van der Waals surface area contributed by atoms with Crippen molar-refractivity contribution >= 4 is 12.4 Å². The number of hydrogen-bond acceptors (Lipinski definition) is 2. The lowest BCUT2D eigenvalue weighted by Gasteiger charge is -2.38. The average molecular weight is 305 g/mol. The highest BCUT2D eigenvalue weighted by Gasteiger charge is 2.25. The molecule has 2 N–H and O–H groups in total. The first-order valence-electron chi connectivity index (χ1n) is 6.91. The molecule has 20 heavy (non-hydrogen) atoms. The van der Waals surface area contributed by atoms with Crippen LogP contribution in [0.3, 0.4) is 0 Å². The van der Waals surface area contributed by atoms with Crippen LogP contribution >= 0.6 is 12.4 Å². The Kier molecular flexibility index (Phi) is 6.86. The molecule has 0 amide bonds. The summed E-state index contributed by atoms with van der Waals surface area (Å²) in [4.78, 5) is 2.37. The molecule has 1 fully saturated rings. The Balaban J connectivity index is 0.00000200. The van der Waals surface area contributed by atoms with Gasteiger partial charge in [0.05, 0.1) is 0 Å². The lowest BCUT2D eigenvalue weighted by molar-refractivity contribution is 0.115. The normalized spacial score (nSPS) is 23.6. The number of nitrogens with two attached hydrogens (primary N) is 1. The number of alkyl halides is 2. The smallest absolute Gasteiger partial charge is 0.263 e. The Labute approximate surface area is 125 Å². The molecule has 1 aromatic carbocycles. The van der Waals surface area contributed by atoms with Gasteiger partial charge >= 0.3 is 0 Å². The zero-order valence-electron chi connectivity index (χ0n) is 11.8. The summed E-state index contributed by atoms with van der Waals surface area (Å²) in [5, 5.41) is 0. The lowest BCUT2D eigenvalue weighted by Crippen LogP contribution is -2.45. The lowest BCUT2D eigenvalue weighted by atomic mass is 9.92. The second-order valence-electron chi connectivity index (χ2n) is 5.53. The van der Waals surface area contributed by atoms with Crippen molar-refractivity contribution < 1.29 is 8.78 Å². The van der Waals surface area contributed by atoms with E-state index in [0.717, 1.165) is 31.0 Å². The van der Waals surface area contributed by atoms with Gasteiger partial charge in [0.1, 0.15) is 0 Å². The highest BCUT2D eigenvalue weighted by molar-refractivity contribution is 5.85. The fraction of sp³-hybridized carbons (Fsp3) is 0.600. The summed E-state index contributed by atoms with van der Waals surface area (Å²) in [5.74, 6) is 0.728. The van der Waals surface area contributed by atoms with Gasteiger partial charge in [-0.2, -0.15) is 0 Å². The van der Waals surface area contributed by atoms with E-state index in [9.17, 15) is 8.78 Å². The van der Waals surface area contributed by atoms with Crippen LogP contribution in [0.15, 0.2) is 24.3 Å². The predicted octanol–water partition coefficient (Wildman–Crippen LogP) is 3.61. The van der Waals surface area contributed by atoms with Gasteiger partial charge in [-0.3, -0.25) is 4.90 Å². The molecule has 114 valence electrons. The van der Waals surface area contributed by atoms with Gasteiger partial charge in [-0.15, -0.1) is 12.4 Å². The van der Waals surface area contributed by atoms with Crippen LogP contribution in [0.1, 0.15) is 37.3 Å². The van der Waals surface area contributed by atoms with Crippen molar-refractivity contribution in [1.82, 2.24) is 4.90 Å². The maximum absolute atomic E-state index is 12.5. The summed E-state index contributed by atoms with van der Waals surface area (Å²) in [5.41, 5.74) is 7.00. The molecule has 5 heteroatoms. The molecule has 1 aliphatic heterocycles. The van der Waals surface area contributed by atoms with Crippen molar-refractivity contribution in [3.8, 4) is 0 Å². The van der Waals surface area contributed by atoms with Crippen molar-refractivity contribution in [1.29, 1.82) is 0 Å². The van der Waals surface area contributed by atoms with Gasteiger partial charge in [-0.05, 0) is 30.9 Å². The maximum atomic E-state index is 12.5. The highest BCUT2D eigenvalue weighted by Crippen LogP contribution is 2.24. The number of halogens is 3. The third kappa shape index (κ3) is 4.40. The average Bonchev–Trinajstić information content (AvgIpc) is 2.41. The summed E-state index contributed by atoms with van der Waals surface area (Å²) in [6.45, 7) is 4.77. The third-order valence-electron chi connectivity index (χ3n) is 3.99. The number of benzene rings is 1. The second-order valence-corrected chi connectivity index (χ2v) is 5.53. The minimum absolute atomic E-state index is 0. The van der Waals surface area contributed by atoms with Gasteiger partial charge in [0, 0.05) is 24.7 Å². The van der Waals surface area contributed by atoms with Crippen molar-refractivity contribution in [3.05, 3.63) is 35.4 Å². The standard InChI is InChI=1S/C15H22F2N2.ClH/c1-11-6-7-19(14(8-11)9-18)10-12-2-4-13(5-3-12)15(16)17;/h2-5,11,14-15H,6-10,18H2,1H3;1H. The Morgan fingerprint density at radius 3 is 2.50 bits per heavy atom. The van der Waals surface area contributed by atoms with E-state index in [2.05, 4.69) is 11.8 Å². The molecular formula is C15H23ClF2N2. The summed E-state index contributed by atoms with van der Waals surface area (Å²) < 4.78 is 25.0. The monoisotopic (exact) mass is 304 g/mol. The molecule has 0 radical (unpaired) electrons. The van der Waals surface area contributed by atoms with Crippen LogP contribution in [0.2, 0.25) is 0 Å². The van der Waals surface area contributed by atoms with Gasteiger partial charge in [0.15, 0.2) is 0 Å². The molecule has 1 aliphatic rings. The Bertz CT molecular complexity index is 397. The van der Waals surface area contributed by atoms with Crippen LogP contribution in [0.4, 0.5) is 8.78 Å². The molecule has 0 saturated carbocycles. The molecule has 0 aromatic heterocycles. The van der Waals surface area contributed by atoms with Crippen molar-refractivity contribution in [2.45, 2.75) is 38.8 Å². The summed E-state index contributed by atoms with van der Waals surface area (Å²) in [6, 6.07) is 7.05. The van der Waals surface area contributed by atoms with Crippen LogP contribution in [0, 0.1) is 5.92 Å². The first-order chi connectivity index (χ1) is 9.10. The molecule has 2 rings (SSSR count). The summed E-state index contributed by atoms with van der Waals surface area (Å²) in [7, 11) is 0. The van der Waals surface area contributed by atoms with Gasteiger partial charge in [0.25, 0.3) is 6.43 Å². The Morgan fingerprint density at radius 1 is 1.30 bits per heavy atom. The number of nitrogens with zero attached hydrogens (tertiary/aromatic N) is 1. The molecule has 0 spiro atoms. The Morgan fingerprint density at radius 2 is 1.95 bits per heavy atom. The molecule has 2 nitrogen and oxygen atoms in total. The van der Waals surface area contributed by atoms with Gasteiger partial charge in [-0.1, -0.05) is 31.2 Å². The zero-order chi connectivity index (χ0) is 13.8. The highest BCUT2D eigenvalue weighted by atomic mass is 35.5. The fourth-order valence-corrected chi connectivity index (χ4v) is 2.76. The van der Waals surface area contributed by atoms with Crippen molar-refractivity contribution in [2.75, 3.05) is 13.1 Å². The third-order valence-corrected chi connectivity index (χ3v) is 3.99. The number of hydrogen-bond donors (Lipinski definition) is 1. The SMILES string of the molecule is CC1CCN(Cc2ccc(C(F)F)cc2)C(CN)C1.Cl. The number of piperidine rings is 1. The van der Waals surface area contributed by atoms with E-state index in [-0.39, 0.29) is 18.0 Å². The molecule has 0 bridgehead atoms. The van der Waals surface area contributed by atoms with E-state index in [1.165, 1.54) is 18.6 Å². The van der Waals surface area contributed by atoms with E-state index in [1.807, 2.05) is 0 Å². The Hall–Kier alpha value is -0.710. The van der Waals surface area contributed by atoms with Gasteiger partial charge in [0.2, 0.25) is 0 Å². The minimum Gasteiger partial charge on any atom is -0.329 e. The van der Waals surface area contributed by atoms with Crippen LogP contribution in [-0.4, -0.2) is 24.0 Å². The minimum atomic E-state index is -2.39. The summed E-state index contributed by atoms with van der Waals surface area (Å²) in [6.07, 6.45) is -0.0706. The largest absolute Gasteiger partial charge is 0.329 e. The second kappa shape index (κ2) is 7.91. The summed E-state index contributed by atoms with van der Waals surface area (Å²) >= 11 is 0. The van der Waals surface area contributed by atoms with E-state index in [4.69, 9.17) is 5.73 Å². The van der Waals surface area contributed by atoms with E-state index < -0.39 is 6.43 Å². The molecule has 2 unspecified atom stereocenters. The van der Waals surface area contributed by atoms with E-state index >= 15 is 0 Å². The predicted molar refractivity (Wildman–Crippen MR) is 80.3 cm³/mol. The molecule has 0 aliphatic carbocycles. The van der Waals surface area contributed by atoms with Crippen LogP contribution in [-0.2, 0) is 6.54 Å². The van der Waals surface area contributed by atoms with Gasteiger partial charge < -0.3 is 5.73 Å². The van der Waals surface area contributed by atoms with E-state index in [1.54, 1.807) is 12.1 Å². The zero-order valence-corrected chi connectivity index (χ0v) is 12.6. The maximum Gasteiger partial charge on any atom is 0.263 e. The quantitative estimate of drug-likeness (QED) is 0.921. The molecule has 1 heterocycles. The fourth-order valence-electron chi connectivity index (χ4n) is 2.76. The first-order valence-corrected chi connectivity index (χ1v) is 6.91. The molecular weight excluding hydrogens is 282 g/mol. The van der Waals surface area contributed by atoms with Crippen LogP contribution < -0.4 is 5.73 Å². The molecule has 1 aromatic rings. The first kappa shape index (κ1) is 17.3. The van der Waals surface area contributed by atoms with Crippen molar-refractivity contribution in [2.24, 2.45) is 11.7 Å². The van der Waals surface area contributed by atoms with Crippen molar-refractivity contribution in [3.63, 3.8) is 0 Å². The molecule has 1 saturated heterocycles. The molecule has 2 atom stereocenters. The van der Waals surface area contributed by atoms with Crippen LogP contribution in [0.5, 0.6) is 0 Å². The van der Waals surface area contributed by atoms with Gasteiger partial charge in [-0.25, -0.2) is 8.78 Å². The number of likely N-dealkylation sites (tertiary alicyclic amines) is 1. The van der Waals surface area contributed by atoms with E-state index in [0.29, 0.717) is 12.6 Å². The number of rotatable bonds is 4. The van der Waals surface area contributed by atoms with Crippen LogP contribution in [0.25, 0.3) is 0 Å². The topological polar surface area (TPSA) is 29.3 Å².